The van der Waals surface area contributed by atoms with E-state index in [4.69, 9.17) is 0 Å². The molecule has 1 N–H and O–H groups in total. The Bertz CT molecular complexity index is 586. The molecule has 1 atom stereocenters. The molecule has 0 saturated carbocycles. The molecule has 0 bridgehead atoms. The van der Waals surface area contributed by atoms with Crippen molar-refractivity contribution in [1.82, 2.24) is 5.32 Å². The van der Waals surface area contributed by atoms with Crippen LogP contribution in [0.15, 0.2) is 46.9 Å². The average Bonchev–Trinajstić information content (AvgIpc) is 2.42. The molecule has 0 fully saturated rings. The molecule has 0 aliphatic heterocycles. The predicted octanol–water partition coefficient (Wildman–Crippen LogP) is 4.27. The van der Waals surface area contributed by atoms with Gasteiger partial charge in [0.25, 0.3) is 0 Å². The molecule has 0 spiro atoms. The summed E-state index contributed by atoms with van der Waals surface area (Å²) in [5.41, 5.74) is 1.50. The molecule has 0 amide bonds. The lowest BCUT2D eigenvalue weighted by Gasteiger charge is -2.18. The van der Waals surface area contributed by atoms with Crippen molar-refractivity contribution in [2.45, 2.75) is 12.3 Å². The van der Waals surface area contributed by atoms with Crippen LogP contribution in [-0.2, 0) is 6.42 Å². The minimum absolute atomic E-state index is 0.0273. The van der Waals surface area contributed by atoms with Crippen molar-refractivity contribution in [3.63, 3.8) is 0 Å². The number of likely N-dealkylation sites (N-methyl/N-ethyl adjacent to an activating group) is 1. The molecule has 0 aliphatic carbocycles. The molecule has 0 radical (unpaired) electrons. The van der Waals surface area contributed by atoms with E-state index in [-0.39, 0.29) is 17.6 Å². The fourth-order valence-electron chi connectivity index (χ4n) is 2.28. The Morgan fingerprint density at radius 3 is 2.65 bits per heavy atom. The molecule has 0 aliphatic rings. The molecule has 0 saturated heterocycles. The Labute approximate surface area is 126 Å². The van der Waals surface area contributed by atoms with Crippen molar-refractivity contribution in [1.29, 1.82) is 0 Å². The lowest BCUT2D eigenvalue weighted by Crippen LogP contribution is -2.19. The number of halogens is 3. The van der Waals surface area contributed by atoms with Gasteiger partial charge in [-0.15, -0.1) is 0 Å². The highest BCUT2D eigenvalue weighted by Gasteiger charge is 2.15. The molecule has 20 heavy (non-hydrogen) atoms. The minimum Gasteiger partial charge on any atom is -0.319 e. The summed E-state index contributed by atoms with van der Waals surface area (Å²) < 4.78 is 28.0. The summed E-state index contributed by atoms with van der Waals surface area (Å²) in [5, 5.41) is 3.08. The second-order valence-electron chi connectivity index (χ2n) is 4.75. The topological polar surface area (TPSA) is 12.0 Å². The van der Waals surface area contributed by atoms with Gasteiger partial charge in [-0.2, -0.15) is 0 Å². The van der Waals surface area contributed by atoms with E-state index in [0.29, 0.717) is 18.5 Å². The maximum absolute atomic E-state index is 13.8. The molecule has 1 unspecified atom stereocenters. The Hall–Kier alpha value is -1.26. The second kappa shape index (κ2) is 6.95. The van der Waals surface area contributed by atoms with Crippen molar-refractivity contribution in [3.8, 4) is 0 Å². The standard InChI is InChI=1S/C16H16BrF2N/c1-20-10-13(11-3-2-4-15(18)9-11)7-12-8-14(17)5-6-16(12)19/h2-6,8-9,13,20H,7,10H2,1H3. The first-order valence-corrected chi connectivity index (χ1v) is 7.23. The van der Waals surface area contributed by atoms with Crippen LogP contribution in [0, 0.1) is 11.6 Å². The lowest BCUT2D eigenvalue weighted by molar-refractivity contribution is 0.569. The number of hydrogen-bond donors (Lipinski definition) is 1. The van der Waals surface area contributed by atoms with Gasteiger partial charge in [-0.1, -0.05) is 28.1 Å². The Morgan fingerprint density at radius 2 is 1.95 bits per heavy atom. The average molecular weight is 340 g/mol. The summed E-state index contributed by atoms with van der Waals surface area (Å²) in [5.74, 6) is -0.469. The maximum Gasteiger partial charge on any atom is 0.126 e. The molecule has 0 heterocycles. The third-order valence-electron chi connectivity index (χ3n) is 3.24. The number of rotatable bonds is 5. The van der Waals surface area contributed by atoms with E-state index >= 15 is 0 Å². The van der Waals surface area contributed by atoms with E-state index in [9.17, 15) is 8.78 Å². The van der Waals surface area contributed by atoms with Gasteiger partial charge < -0.3 is 5.32 Å². The van der Waals surface area contributed by atoms with Gasteiger partial charge in [0.05, 0.1) is 0 Å². The number of benzene rings is 2. The largest absolute Gasteiger partial charge is 0.319 e. The van der Waals surface area contributed by atoms with Gasteiger partial charge >= 0.3 is 0 Å². The zero-order chi connectivity index (χ0) is 14.5. The summed E-state index contributed by atoms with van der Waals surface area (Å²) in [6.07, 6.45) is 0.523. The van der Waals surface area contributed by atoms with Crippen molar-refractivity contribution in [3.05, 3.63) is 69.7 Å². The summed E-state index contributed by atoms with van der Waals surface area (Å²) in [6.45, 7) is 0.662. The van der Waals surface area contributed by atoms with Crippen LogP contribution < -0.4 is 5.32 Å². The van der Waals surface area contributed by atoms with E-state index in [2.05, 4.69) is 21.2 Å². The fraction of sp³-hybridized carbons (Fsp3) is 0.250. The number of hydrogen-bond acceptors (Lipinski definition) is 1. The van der Waals surface area contributed by atoms with Gasteiger partial charge in [0, 0.05) is 16.9 Å². The summed E-state index contributed by atoms with van der Waals surface area (Å²) >= 11 is 3.35. The van der Waals surface area contributed by atoms with Crippen molar-refractivity contribution >= 4 is 15.9 Å². The van der Waals surface area contributed by atoms with Crippen LogP contribution in [0.2, 0.25) is 0 Å². The van der Waals surface area contributed by atoms with Crippen molar-refractivity contribution in [2.75, 3.05) is 13.6 Å². The van der Waals surface area contributed by atoms with Crippen LogP contribution in [0.5, 0.6) is 0 Å². The summed E-state index contributed by atoms with van der Waals surface area (Å²) in [6, 6.07) is 11.4. The van der Waals surface area contributed by atoms with E-state index in [1.807, 2.05) is 13.1 Å². The van der Waals surface area contributed by atoms with E-state index in [0.717, 1.165) is 10.0 Å². The van der Waals surface area contributed by atoms with Crippen molar-refractivity contribution in [2.24, 2.45) is 0 Å². The van der Waals surface area contributed by atoms with Gasteiger partial charge in [0.15, 0.2) is 0 Å². The van der Waals surface area contributed by atoms with Crippen LogP contribution in [0.3, 0.4) is 0 Å². The first-order valence-electron chi connectivity index (χ1n) is 6.44. The highest BCUT2D eigenvalue weighted by atomic mass is 79.9. The first kappa shape index (κ1) is 15.1. The van der Waals surface area contributed by atoms with E-state index in [1.165, 1.54) is 18.2 Å². The zero-order valence-corrected chi connectivity index (χ0v) is 12.8. The van der Waals surface area contributed by atoms with Crippen LogP contribution >= 0.6 is 15.9 Å². The first-order chi connectivity index (χ1) is 9.60. The normalized spacial score (nSPS) is 12.4. The fourth-order valence-corrected chi connectivity index (χ4v) is 2.69. The highest BCUT2D eigenvalue weighted by Crippen LogP contribution is 2.24. The molecule has 2 rings (SSSR count). The third kappa shape index (κ3) is 3.87. The Kier molecular flexibility index (Phi) is 5.26. The maximum atomic E-state index is 13.8. The molecule has 2 aromatic rings. The molecule has 2 aromatic carbocycles. The van der Waals surface area contributed by atoms with Gasteiger partial charge in [-0.3, -0.25) is 0 Å². The third-order valence-corrected chi connectivity index (χ3v) is 3.74. The molecule has 0 aromatic heterocycles. The lowest BCUT2D eigenvalue weighted by atomic mass is 9.91. The van der Waals surface area contributed by atoms with Crippen LogP contribution in [0.1, 0.15) is 17.0 Å². The highest BCUT2D eigenvalue weighted by molar-refractivity contribution is 9.10. The van der Waals surface area contributed by atoms with Gasteiger partial charge in [-0.25, -0.2) is 8.78 Å². The minimum atomic E-state index is -0.265. The summed E-state index contributed by atoms with van der Waals surface area (Å²) in [7, 11) is 1.84. The predicted molar refractivity (Wildman–Crippen MR) is 80.9 cm³/mol. The zero-order valence-electron chi connectivity index (χ0n) is 11.2. The molecule has 106 valence electrons. The van der Waals surface area contributed by atoms with Gasteiger partial charge in [0.2, 0.25) is 0 Å². The van der Waals surface area contributed by atoms with Crippen LogP contribution in [-0.4, -0.2) is 13.6 Å². The van der Waals surface area contributed by atoms with E-state index in [1.54, 1.807) is 18.2 Å². The van der Waals surface area contributed by atoms with Crippen LogP contribution in [0.4, 0.5) is 8.78 Å². The Morgan fingerprint density at radius 1 is 1.15 bits per heavy atom. The van der Waals surface area contributed by atoms with Gasteiger partial charge in [0.1, 0.15) is 11.6 Å². The second-order valence-corrected chi connectivity index (χ2v) is 5.67. The number of nitrogens with one attached hydrogen (secondary N) is 1. The Balaban J connectivity index is 2.27. The SMILES string of the molecule is CNCC(Cc1cc(Br)ccc1F)c1cccc(F)c1. The smallest absolute Gasteiger partial charge is 0.126 e. The summed E-state index contributed by atoms with van der Waals surface area (Å²) in [4.78, 5) is 0. The van der Waals surface area contributed by atoms with Crippen LogP contribution in [0.25, 0.3) is 0 Å². The van der Waals surface area contributed by atoms with E-state index < -0.39 is 0 Å². The molecule has 1 nitrogen and oxygen atoms in total. The van der Waals surface area contributed by atoms with Crippen molar-refractivity contribution < 1.29 is 8.78 Å². The van der Waals surface area contributed by atoms with Gasteiger partial charge in [-0.05, 0) is 54.9 Å². The monoisotopic (exact) mass is 339 g/mol. The quantitative estimate of drug-likeness (QED) is 0.857. The molecular weight excluding hydrogens is 324 g/mol. The molecule has 4 heteroatoms. The molecular formula is C16H16BrF2N.